The minimum absolute atomic E-state index is 0.216. The van der Waals surface area contributed by atoms with Gasteiger partial charge >= 0.3 is 0 Å². The zero-order valence-electron chi connectivity index (χ0n) is 11.9. The van der Waals surface area contributed by atoms with Crippen LogP contribution in [0.1, 0.15) is 5.76 Å². The summed E-state index contributed by atoms with van der Waals surface area (Å²) in [5.74, 6) is 1.13. The number of rotatable bonds is 4. The van der Waals surface area contributed by atoms with Crippen LogP contribution in [0.25, 0.3) is 22.2 Å². The topological polar surface area (TPSA) is 83.8 Å². The summed E-state index contributed by atoms with van der Waals surface area (Å²) in [6.07, 6.45) is 3.26. The van der Waals surface area contributed by atoms with Crippen LogP contribution in [-0.4, -0.2) is 15.0 Å². The molecule has 0 radical (unpaired) electrons. The number of furan rings is 1. The summed E-state index contributed by atoms with van der Waals surface area (Å²) in [5.41, 5.74) is 2.03. The number of nitrogens with zero attached hydrogens (tertiary/aromatic N) is 2. The lowest BCUT2D eigenvalue weighted by molar-refractivity contribution is 0.517. The minimum atomic E-state index is -0.216. The molecule has 0 aliphatic rings. The molecule has 0 fully saturated rings. The monoisotopic (exact) mass is 324 g/mol. The molecule has 4 aromatic rings. The molecule has 0 bridgehead atoms. The fourth-order valence-corrected chi connectivity index (χ4v) is 3.05. The summed E-state index contributed by atoms with van der Waals surface area (Å²) in [7, 11) is 0. The third-order valence-corrected chi connectivity index (χ3v) is 4.13. The van der Waals surface area contributed by atoms with Crippen LogP contribution in [0.2, 0.25) is 0 Å². The highest BCUT2D eigenvalue weighted by atomic mass is 32.1. The molecular weight excluding hydrogens is 312 g/mol. The zero-order valence-corrected chi connectivity index (χ0v) is 12.8. The van der Waals surface area contributed by atoms with Crippen molar-refractivity contribution in [1.29, 1.82) is 0 Å². The maximum Gasteiger partial charge on any atom is 0.262 e. The lowest BCUT2D eigenvalue weighted by Crippen LogP contribution is -2.14. The van der Waals surface area contributed by atoms with Crippen molar-refractivity contribution in [2.45, 2.75) is 6.54 Å². The van der Waals surface area contributed by atoms with E-state index >= 15 is 0 Å². The standard InChI is InChI=1S/C16H12N4O2S/c21-15-13-12(10-4-7-23-9-10)3-5-17-14(13)19-16(20-15)18-8-11-2-1-6-22-11/h1-7,9H,8H2,(H2,17,18,19,20,21). The van der Waals surface area contributed by atoms with E-state index in [0.29, 0.717) is 23.5 Å². The van der Waals surface area contributed by atoms with Crippen molar-refractivity contribution in [3.8, 4) is 11.1 Å². The largest absolute Gasteiger partial charge is 0.467 e. The van der Waals surface area contributed by atoms with E-state index in [2.05, 4.69) is 20.3 Å². The van der Waals surface area contributed by atoms with Gasteiger partial charge in [-0.1, -0.05) is 0 Å². The summed E-state index contributed by atoms with van der Waals surface area (Å²) in [5, 5.41) is 7.50. The predicted molar refractivity (Wildman–Crippen MR) is 89.5 cm³/mol. The van der Waals surface area contributed by atoms with Gasteiger partial charge in [-0.05, 0) is 40.6 Å². The van der Waals surface area contributed by atoms with Gasteiger partial charge in [-0.2, -0.15) is 16.3 Å². The number of aromatic amines is 1. The van der Waals surface area contributed by atoms with E-state index in [0.717, 1.165) is 16.9 Å². The van der Waals surface area contributed by atoms with Gasteiger partial charge in [-0.3, -0.25) is 9.78 Å². The average Bonchev–Trinajstić information content (AvgIpc) is 3.26. The highest BCUT2D eigenvalue weighted by Gasteiger charge is 2.11. The summed E-state index contributed by atoms with van der Waals surface area (Å²) in [6, 6.07) is 7.46. The maximum atomic E-state index is 12.5. The summed E-state index contributed by atoms with van der Waals surface area (Å²) < 4.78 is 5.24. The lowest BCUT2D eigenvalue weighted by atomic mass is 10.1. The molecule has 0 saturated heterocycles. The number of hydrogen-bond acceptors (Lipinski definition) is 6. The first kappa shape index (κ1) is 13.7. The Kier molecular flexibility index (Phi) is 3.39. The highest BCUT2D eigenvalue weighted by Crippen LogP contribution is 2.26. The molecule has 0 aliphatic carbocycles. The second-order valence-corrected chi connectivity index (χ2v) is 5.70. The Hall–Kier alpha value is -2.93. The second kappa shape index (κ2) is 5.69. The van der Waals surface area contributed by atoms with Gasteiger partial charge in [0.25, 0.3) is 5.56 Å². The van der Waals surface area contributed by atoms with E-state index in [1.165, 1.54) is 0 Å². The summed E-state index contributed by atoms with van der Waals surface area (Å²) in [6.45, 7) is 0.436. The Morgan fingerprint density at radius 3 is 3.04 bits per heavy atom. The van der Waals surface area contributed by atoms with Crippen LogP contribution in [0.15, 0.2) is 56.7 Å². The Morgan fingerprint density at radius 2 is 2.26 bits per heavy atom. The molecule has 7 heteroatoms. The molecular formula is C16H12N4O2S. The first-order chi connectivity index (χ1) is 11.3. The van der Waals surface area contributed by atoms with Crippen molar-refractivity contribution in [2.24, 2.45) is 0 Å². The lowest BCUT2D eigenvalue weighted by Gasteiger charge is -2.06. The van der Waals surface area contributed by atoms with Gasteiger partial charge in [-0.15, -0.1) is 0 Å². The first-order valence-electron chi connectivity index (χ1n) is 6.99. The number of pyridine rings is 1. The van der Waals surface area contributed by atoms with Crippen molar-refractivity contribution < 1.29 is 4.42 Å². The minimum Gasteiger partial charge on any atom is -0.467 e. The van der Waals surface area contributed by atoms with E-state index in [1.807, 2.05) is 35.0 Å². The van der Waals surface area contributed by atoms with Gasteiger partial charge in [-0.25, -0.2) is 4.98 Å². The molecule has 4 rings (SSSR count). The number of H-pyrrole nitrogens is 1. The van der Waals surface area contributed by atoms with Crippen LogP contribution in [0, 0.1) is 0 Å². The Labute approximate surface area is 134 Å². The van der Waals surface area contributed by atoms with Crippen molar-refractivity contribution >= 4 is 28.3 Å². The van der Waals surface area contributed by atoms with Gasteiger partial charge in [0.2, 0.25) is 5.95 Å². The summed E-state index contributed by atoms with van der Waals surface area (Å²) >= 11 is 1.58. The van der Waals surface area contributed by atoms with Gasteiger partial charge in [0.15, 0.2) is 5.65 Å². The number of nitrogens with one attached hydrogen (secondary N) is 2. The molecule has 6 nitrogen and oxygen atoms in total. The Morgan fingerprint density at radius 1 is 1.30 bits per heavy atom. The molecule has 0 saturated carbocycles. The molecule has 4 aromatic heterocycles. The third kappa shape index (κ3) is 2.62. The average molecular weight is 324 g/mol. The molecule has 0 spiro atoms. The van der Waals surface area contributed by atoms with Crippen molar-refractivity contribution in [3.05, 3.63) is 63.6 Å². The van der Waals surface area contributed by atoms with E-state index in [1.54, 1.807) is 23.8 Å². The molecule has 4 heterocycles. The molecule has 0 amide bonds. The van der Waals surface area contributed by atoms with E-state index in [9.17, 15) is 4.79 Å². The van der Waals surface area contributed by atoms with Crippen LogP contribution in [-0.2, 0) is 6.54 Å². The molecule has 23 heavy (non-hydrogen) atoms. The predicted octanol–water partition coefficient (Wildman–Crippen LogP) is 3.25. The van der Waals surface area contributed by atoms with Crippen LogP contribution in [0.3, 0.4) is 0 Å². The molecule has 2 N–H and O–H groups in total. The van der Waals surface area contributed by atoms with Crippen LogP contribution in [0.5, 0.6) is 0 Å². The smallest absolute Gasteiger partial charge is 0.262 e. The van der Waals surface area contributed by atoms with Gasteiger partial charge in [0, 0.05) is 11.8 Å². The molecule has 0 aliphatic heterocycles. The van der Waals surface area contributed by atoms with E-state index < -0.39 is 0 Å². The molecule has 0 aromatic carbocycles. The number of anilines is 1. The normalized spacial score (nSPS) is 11.0. The molecule has 0 unspecified atom stereocenters. The van der Waals surface area contributed by atoms with Gasteiger partial charge in [0.1, 0.15) is 5.76 Å². The van der Waals surface area contributed by atoms with Crippen molar-refractivity contribution in [2.75, 3.05) is 5.32 Å². The van der Waals surface area contributed by atoms with Crippen LogP contribution >= 0.6 is 11.3 Å². The van der Waals surface area contributed by atoms with E-state index in [4.69, 9.17) is 4.42 Å². The Balaban J connectivity index is 1.75. The number of fused-ring (bicyclic) bond motifs is 1. The molecule has 114 valence electrons. The summed E-state index contributed by atoms with van der Waals surface area (Å²) in [4.78, 5) is 23.9. The zero-order chi connectivity index (χ0) is 15.6. The van der Waals surface area contributed by atoms with Crippen LogP contribution < -0.4 is 10.9 Å². The number of thiophene rings is 1. The number of hydrogen-bond donors (Lipinski definition) is 2. The van der Waals surface area contributed by atoms with Crippen molar-refractivity contribution in [1.82, 2.24) is 15.0 Å². The number of aromatic nitrogens is 3. The molecule has 0 atom stereocenters. The van der Waals surface area contributed by atoms with E-state index in [-0.39, 0.29) is 5.56 Å². The third-order valence-electron chi connectivity index (χ3n) is 3.45. The quantitative estimate of drug-likeness (QED) is 0.602. The Bertz CT molecular complexity index is 991. The van der Waals surface area contributed by atoms with Crippen molar-refractivity contribution in [3.63, 3.8) is 0 Å². The van der Waals surface area contributed by atoms with Gasteiger partial charge in [0.05, 0.1) is 18.2 Å². The second-order valence-electron chi connectivity index (χ2n) is 4.92. The SMILES string of the molecule is O=c1[nH]c(NCc2ccco2)nc2nccc(-c3ccsc3)c12. The fourth-order valence-electron chi connectivity index (χ4n) is 2.39. The highest BCUT2D eigenvalue weighted by molar-refractivity contribution is 7.08. The van der Waals surface area contributed by atoms with Gasteiger partial charge < -0.3 is 9.73 Å². The maximum absolute atomic E-state index is 12.5. The van der Waals surface area contributed by atoms with Crippen LogP contribution in [0.4, 0.5) is 5.95 Å². The fraction of sp³-hybridized carbons (Fsp3) is 0.0625. The first-order valence-corrected chi connectivity index (χ1v) is 7.93.